The van der Waals surface area contributed by atoms with Gasteiger partial charge in [-0.15, -0.1) is 0 Å². The summed E-state index contributed by atoms with van der Waals surface area (Å²) in [7, 11) is 2.09. The van der Waals surface area contributed by atoms with Crippen LogP contribution < -0.4 is 10.2 Å². The molecular formula is C14H25N3S. The second kappa shape index (κ2) is 8.38. The van der Waals surface area contributed by atoms with Crippen LogP contribution in [-0.2, 0) is 0 Å². The van der Waals surface area contributed by atoms with Crippen molar-refractivity contribution in [2.75, 3.05) is 37.0 Å². The molecule has 0 fully saturated rings. The molecule has 0 aliphatic rings. The molecule has 0 aliphatic carbocycles. The molecule has 4 heteroatoms. The summed E-state index contributed by atoms with van der Waals surface area (Å²) in [5, 5.41) is 3.47. The van der Waals surface area contributed by atoms with Gasteiger partial charge in [0.2, 0.25) is 0 Å². The molecule has 0 bridgehead atoms. The molecule has 0 aromatic carbocycles. The lowest BCUT2D eigenvalue weighted by Crippen LogP contribution is -2.22. The van der Waals surface area contributed by atoms with Gasteiger partial charge in [-0.2, -0.15) is 11.8 Å². The maximum absolute atomic E-state index is 4.54. The zero-order valence-corrected chi connectivity index (χ0v) is 12.8. The average Bonchev–Trinajstić information content (AvgIpc) is 2.42. The van der Waals surface area contributed by atoms with Crippen LogP contribution in [0.25, 0.3) is 0 Å². The predicted molar refractivity (Wildman–Crippen MR) is 82.6 cm³/mol. The molecule has 0 saturated carbocycles. The Morgan fingerprint density at radius 2 is 2.22 bits per heavy atom. The normalized spacial score (nSPS) is 12.4. The minimum Gasteiger partial charge on any atom is -0.359 e. The number of hydrogen-bond donors (Lipinski definition) is 1. The lowest BCUT2D eigenvalue weighted by Gasteiger charge is -2.19. The first kappa shape index (κ1) is 15.3. The van der Waals surface area contributed by atoms with Crippen LogP contribution in [0.1, 0.15) is 31.9 Å². The molecule has 1 rings (SSSR count). The van der Waals surface area contributed by atoms with Gasteiger partial charge in [0.1, 0.15) is 5.82 Å². The Morgan fingerprint density at radius 1 is 1.44 bits per heavy atom. The molecule has 3 nitrogen and oxygen atoms in total. The summed E-state index contributed by atoms with van der Waals surface area (Å²) in [6.45, 7) is 6.46. The van der Waals surface area contributed by atoms with Crippen molar-refractivity contribution in [2.24, 2.45) is 0 Å². The van der Waals surface area contributed by atoms with E-state index in [0.717, 1.165) is 31.1 Å². The molecule has 1 aromatic heterocycles. The van der Waals surface area contributed by atoms with Crippen molar-refractivity contribution in [1.29, 1.82) is 0 Å². The topological polar surface area (TPSA) is 28.2 Å². The third-order valence-electron chi connectivity index (χ3n) is 2.99. The SMILES string of the molecule is CCCNC(C)c1ccc(N(C)CCSC)nc1. The van der Waals surface area contributed by atoms with E-state index in [1.807, 2.05) is 18.0 Å². The summed E-state index contributed by atoms with van der Waals surface area (Å²) in [5.41, 5.74) is 1.26. The smallest absolute Gasteiger partial charge is 0.128 e. The summed E-state index contributed by atoms with van der Waals surface area (Å²) in [4.78, 5) is 6.74. The molecule has 0 spiro atoms. The Kier molecular flexibility index (Phi) is 7.13. The number of thioether (sulfide) groups is 1. The first-order chi connectivity index (χ1) is 8.69. The van der Waals surface area contributed by atoms with Crippen LogP contribution >= 0.6 is 11.8 Å². The lowest BCUT2D eigenvalue weighted by atomic mass is 10.1. The summed E-state index contributed by atoms with van der Waals surface area (Å²) in [5.74, 6) is 2.18. The van der Waals surface area contributed by atoms with Crippen LogP contribution in [0, 0.1) is 0 Å². The highest BCUT2D eigenvalue weighted by molar-refractivity contribution is 7.98. The van der Waals surface area contributed by atoms with Gasteiger partial charge in [0.15, 0.2) is 0 Å². The molecular weight excluding hydrogens is 242 g/mol. The van der Waals surface area contributed by atoms with Crippen LogP contribution in [0.4, 0.5) is 5.82 Å². The fraction of sp³-hybridized carbons (Fsp3) is 0.643. The largest absolute Gasteiger partial charge is 0.359 e. The molecule has 0 amide bonds. The van der Waals surface area contributed by atoms with Crippen LogP contribution in [0.2, 0.25) is 0 Å². The Balaban J connectivity index is 2.56. The third kappa shape index (κ3) is 4.86. The van der Waals surface area contributed by atoms with E-state index in [1.165, 1.54) is 5.56 Å². The van der Waals surface area contributed by atoms with Crippen molar-refractivity contribution in [3.05, 3.63) is 23.9 Å². The van der Waals surface area contributed by atoms with Gasteiger partial charge in [0.05, 0.1) is 0 Å². The second-order valence-corrected chi connectivity index (χ2v) is 5.53. The number of pyridine rings is 1. The van der Waals surface area contributed by atoms with Gasteiger partial charge in [-0.3, -0.25) is 0 Å². The van der Waals surface area contributed by atoms with Crippen molar-refractivity contribution in [3.8, 4) is 0 Å². The van der Waals surface area contributed by atoms with E-state index < -0.39 is 0 Å². The van der Waals surface area contributed by atoms with Crippen LogP contribution in [0.3, 0.4) is 0 Å². The van der Waals surface area contributed by atoms with Crippen molar-refractivity contribution >= 4 is 17.6 Å². The quantitative estimate of drug-likeness (QED) is 0.784. The zero-order valence-electron chi connectivity index (χ0n) is 11.9. The highest BCUT2D eigenvalue weighted by Crippen LogP contribution is 2.15. The van der Waals surface area contributed by atoms with Gasteiger partial charge in [-0.1, -0.05) is 13.0 Å². The van der Waals surface area contributed by atoms with E-state index in [-0.39, 0.29) is 0 Å². The van der Waals surface area contributed by atoms with Crippen molar-refractivity contribution < 1.29 is 0 Å². The fourth-order valence-corrected chi connectivity index (χ4v) is 2.16. The minimum atomic E-state index is 0.378. The van der Waals surface area contributed by atoms with Gasteiger partial charge in [0.25, 0.3) is 0 Å². The number of anilines is 1. The number of aromatic nitrogens is 1. The molecule has 1 atom stereocenters. The Bertz CT molecular complexity index is 293. The average molecular weight is 267 g/mol. The lowest BCUT2D eigenvalue weighted by molar-refractivity contribution is 0.569. The van der Waals surface area contributed by atoms with Crippen molar-refractivity contribution in [3.63, 3.8) is 0 Å². The van der Waals surface area contributed by atoms with E-state index >= 15 is 0 Å². The van der Waals surface area contributed by atoms with E-state index in [4.69, 9.17) is 0 Å². The van der Waals surface area contributed by atoms with E-state index in [1.54, 1.807) is 0 Å². The first-order valence-electron chi connectivity index (χ1n) is 6.58. The third-order valence-corrected chi connectivity index (χ3v) is 3.58. The molecule has 1 aromatic rings. The number of hydrogen-bond acceptors (Lipinski definition) is 4. The van der Waals surface area contributed by atoms with Gasteiger partial charge >= 0.3 is 0 Å². The molecule has 102 valence electrons. The first-order valence-corrected chi connectivity index (χ1v) is 7.97. The summed E-state index contributed by atoms with van der Waals surface area (Å²) < 4.78 is 0. The van der Waals surface area contributed by atoms with Crippen molar-refractivity contribution in [2.45, 2.75) is 26.3 Å². The molecule has 0 radical (unpaired) electrons. The molecule has 0 aliphatic heterocycles. The van der Waals surface area contributed by atoms with E-state index in [0.29, 0.717) is 6.04 Å². The van der Waals surface area contributed by atoms with Gasteiger partial charge in [-0.25, -0.2) is 4.98 Å². The van der Waals surface area contributed by atoms with Crippen LogP contribution in [0.15, 0.2) is 18.3 Å². The highest BCUT2D eigenvalue weighted by atomic mass is 32.2. The number of nitrogens with one attached hydrogen (secondary N) is 1. The monoisotopic (exact) mass is 267 g/mol. The van der Waals surface area contributed by atoms with Gasteiger partial charge in [0, 0.05) is 31.6 Å². The minimum absolute atomic E-state index is 0.378. The standard InChI is InChI=1S/C14H25N3S/c1-5-8-15-12(2)13-6-7-14(16-11-13)17(3)9-10-18-4/h6-7,11-12,15H,5,8-10H2,1-4H3. The maximum atomic E-state index is 4.54. The molecule has 1 heterocycles. The highest BCUT2D eigenvalue weighted by Gasteiger charge is 2.06. The second-order valence-electron chi connectivity index (χ2n) is 4.54. The van der Waals surface area contributed by atoms with Gasteiger partial charge in [-0.05, 0) is 37.8 Å². The molecule has 1 N–H and O–H groups in total. The summed E-state index contributed by atoms with van der Waals surface area (Å²) in [6, 6.07) is 4.66. The van der Waals surface area contributed by atoms with Crippen molar-refractivity contribution in [1.82, 2.24) is 10.3 Å². The Morgan fingerprint density at radius 3 is 2.78 bits per heavy atom. The fourth-order valence-electron chi connectivity index (χ4n) is 1.70. The van der Waals surface area contributed by atoms with Crippen LogP contribution in [0.5, 0.6) is 0 Å². The van der Waals surface area contributed by atoms with E-state index in [9.17, 15) is 0 Å². The number of rotatable bonds is 8. The summed E-state index contributed by atoms with van der Waals surface area (Å²) >= 11 is 1.86. The van der Waals surface area contributed by atoms with E-state index in [2.05, 4.69) is 54.5 Å². The Hall–Kier alpha value is -0.740. The molecule has 18 heavy (non-hydrogen) atoms. The maximum Gasteiger partial charge on any atom is 0.128 e. The zero-order chi connectivity index (χ0) is 13.4. The summed E-state index contributed by atoms with van der Waals surface area (Å²) in [6.07, 6.45) is 5.27. The van der Waals surface area contributed by atoms with Crippen LogP contribution in [-0.4, -0.2) is 37.1 Å². The molecule has 0 saturated heterocycles. The number of nitrogens with zero attached hydrogens (tertiary/aromatic N) is 2. The predicted octanol–water partition coefficient (Wildman–Crippen LogP) is 2.94. The molecule has 1 unspecified atom stereocenters. The Labute approximate surface area is 115 Å². The van der Waals surface area contributed by atoms with Gasteiger partial charge < -0.3 is 10.2 Å².